The molecular formula is C63H65ClN2. The summed E-state index contributed by atoms with van der Waals surface area (Å²) in [5.41, 5.74) is 16.5. The Morgan fingerprint density at radius 1 is 0.333 bits per heavy atom. The van der Waals surface area contributed by atoms with Crippen molar-refractivity contribution in [2.45, 2.75) is 97.8 Å². The molecule has 8 aromatic rings. The van der Waals surface area contributed by atoms with Gasteiger partial charge >= 0.3 is 0 Å². The van der Waals surface area contributed by atoms with Gasteiger partial charge in [0.15, 0.2) is 0 Å². The largest absolute Gasteiger partial charge is 0.309 e. The monoisotopic (exact) mass is 884 g/mol. The maximum atomic E-state index is 8.06. The maximum Gasteiger partial charge on any atom is 0.0887 e. The zero-order valence-electron chi connectivity index (χ0n) is 40.7. The highest BCUT2D eigenvalue weighted by atomic mass is 35.5. The Labute approximate surface area is 400 Å². The Kier molecular flexibility index (Phi) is 12.7. The average Bonchev–Trinajstić information content (AvgIpc) is 3.31. The van der Waals surface area contributed by atoms with E-state index in [1.165, 1.54) is 33.4 Å². The highest BCUT2D eigenvalue weighted by molar-refractivity contribution is 6.37. The summed E-state index contributed by atoms with van der Waals surface area (Å²) >= 11 is 8.06. The van der Waals surface area contributed by atoms with Crippen LogP contribution in [0.4, 0.5) is 34.1 Å². The minimum Gasteiger partial charge on any atom is -0.309 e. The van der Waals surface area contributed by atoms with Crippen LogP contribution in [-0.2, 0) is 21.7 Å². The first-order valence-corrected chi connectivity index (χ1v) is 23.7. The second kappa shape index (κ2) is 18.1. The Morgan fingerprint density at radius 2 is 0.682 bits per heavy atom. The van der Waals surface area contributed by atoms with Crippen molar-refractivity contribution in [1.29, 1.82) is 0 Å². The van der Waals surface area contributed by atoms with Gasteiger partial charge in [0.2, 0.25) is 0 Å². The molecule has 2 nitrogen and oxygen atoms in total. The fraction of sp³-hybridized carbons (Fsp3) is 0.238. The van der Waals surface area contributed by atoms with Crippen LogP contribution in [0.15, 0.2) is 194 Å². The molecule has 0 bridgehead atoms. The fourth-order valence-corrected chi connectivity index (χ4v) is 9.43. The first kappa shape index (κ1) is 46.2. The molecule has 0 saturated carbocycles. The van der Waals surface area contributed by atoms with Gasteiger partial charge in [-0.2, -0.15) is 0 Å². The van der Waals surface area contributed by atoms with E-state index in [0.717, 1.165) is 50.8 Å². The standard InChI is InChI=1S/C63H65ClN2/c1-44-41-57(65(52-34-27-46(28-35-52)60(2,3)4)53-36-29-47(30-37-53)61(5,6)7)59(64)58(42-44)66(54-38-31-50(32-39-54)62(8,9)48-23-17-13-18-24-48)56-40-33-51(43-55(56)45-21-15-12-16-22-45)63(10,11)49-25-19-14-20-26-49/h12-43H,1-11H3. The smallest absolute Gasteiger partial charge is 0.0887 e. The molecule has 0 heterocycles. The van der Waals surface area contributed by atoms with Crippen LogP contribution in [-0.4, -0.2) is 0 Å². The van der Waals surface area contributed by atoms with Crippen LogP contribution in [0, 0.1) is 6.92 Å². The number of nitrogens with zero attached hydrogens (tertiary/aromatic N) is 2. The van der Waals surface area contributed by atoms with Gasteiger partial charge in [0, 0.05) is 33.5 Å². The van der Waals surface area contributed by atoms with E-state index in [2.05, 4.69) is 280 Å². The molecule has 0 radical (unpaired) electrons. The van der Waals surface area contributed by atoms with Gasteiger partial charge in [-0.15, -0.1) is 0 Å². The topological polar surface area (TPSA) is 6.48 Å². The molecule has 334 valence electrons. The van der Waals surface area contributed by atoms with Crippen molar-refractivity contribution >= 4 is 45.7 Å². The Morgan fingerprint density at radius 3 is 1.12 bits per heavy atom. The summed E-state index contributed by atoms with van der Waals surface area (Å²) in [4.78, 5) is 4.70. The van der Waals surface area contributed by atoms with E-state index in [0.29, 0.717) is 5.02 Å². The van der Waals surface area contributed by atoms with E-state index in [9.17, 15) is 0 Å². The van der Waals surface area contributed by atoms with Crippen LogP contribution in [0.25, 0.3) is 11.1 Å². The molecule has 8 rings (SSSR count). The Hall–Kier alpha value is -6.35. The second-order valence-electron chi connectivity index (χ2n) is 21.0. The van der Waals surface area contributed by atoms with Crippen LogP contribution in [0.3, 0.4) is 0 Å². The van der Waals surface area contributed by atoms with Crippen LogP contribution in [0.1, 0.15) is 108 Å². The lowest BCUT2D eigenvalue weighted by atomic mass is 9.77. The SMILES string of the molecule is Cc1cc(N(c2ccc(C(C)(C)C)cc2)c2ccc(C(C)(C)C)cc2)c(Cl)c(N(c2ccc(C(C)(C)c3ccccc3)cc2)c2ccc(C(C)(C)c3ccccc3)cc2-c2ccccc2)c1. The number of hydrogen-bond donors (Lipinski definition) is 0. The molecule has 0 fully saturated rings. The summed E-state index contributed by atoms with van der Waals surface area (Å²) in [7, 11) is 0. The summed E-state index contributed by atoms with van der Waals surface area (Å²) < 4.78 is 0. The molecule has 0 unspecified atom stereocenters. The van der Waals surface area contributed by atoms with Crippen molar-refractivity contribution in [2.24, 2.45) is 0 Å². The number of hydrogen-bond acceptors (Lipinski definition) is 2. The van der Waals surface area contributed by atoms with Gasteiger partial charge in [0.1, 0.15) is 0 Å². The lowest BCUT2D eigenvalue weighted by molar-refractivity contribution is 0.590. The van der Waals surface area contributed by atoms with Crippen molar-refractivity contribution in [3.05, 3.63) is 238 Å². The van der Waals surface area contributed by atoms with E-state index >= 15 is 0 Å². The van der Waals surface area contributed by atoms with E-state index in [-0.39, 0.29) is 21.7 Å². The summed E-state index contributed by atoms with van der Waals surface area (Å²) in [6, 6.07) is 70.9. The number of anilines is 6. The Bertz CT molecular complexity index is 2840. The molecule has 0 atom stereocenters. The number of aryl methyl sites for hydroxylation is 1. The third kappa shape index (κ3) is 9.35. The molecule has 3 heteroatoms. The average molecular weight is 886 g/mol. The minimum absolute atomic E-state index is 0.0144. The third-order valence-corrected chi connectivity index (χ3v) is 13.9. The van der Waals surface area contributed by atoms with E-state index < -0.39 is 0 Å². The highest BCUT2D eigenvalue weighted by Gasteiger charge is 2.30. The summed E-state index contributed by atoms with van der Waals surface area (Å²) in [6.45, 7) is 25.0. The predicted molar refractivity (Wildman–Crippen MR) is 286 cm³/mol. The molecule has 66 heavy (non-hydrogen) atoms. The number of halogens is 1. The fourth-order valence-electron chi connectivity index (χ4n) is 9.15. The molecule has 0 aliphatic rings. The first-order chi connectivity index (χ1) is 31.3. The lowest BCUT2D eigenvalue weighted by Gasteiger charge is -2.34. The van der Waals surface area contributed by atoms with Crippen molar-refractivity contribution in [3.8, 4) is 11.1 Å². The zero-order valence-corrected chi connectivity index (χ0v) is 41.5. The van der Waals surface area contributed by atoms with Gasteiger partial charge < -0.3 is 9.80 Å². The van der Waals surface area contributed by atoms with Gasteiger partial charge in [-0.3, -0.25) is 0 Å². The van der Waals surface area contributed by atoms with Crippen molar-refractivity contribution in [2.75, 3.05) is 9.80 Å². The second-order valence-corrected chi connectivity index (χ2v) is 21.4. The van der Waals surface area contributed by atoms with Gasteiger partial charge in [-0.25, -0.2) is 0 Å². The van der Waals surface area contributed by atoms with E-state index in [4.69, 9.17) is 11.6 Å². The van der Waals surface area contributed by atoms with E-state index in [1.54, 1.807) is 0 Å². The van der Waals surface area contributed by atoms with Crippen molar-refractivity contribution in [1.82, 2.24) is 0 Å². The minimum atomic E-state index is -0.251. The number of benzene rings is 8. The summed E-state index contributed by atoms with van der Waals surface area (Å²) in [6.07, 6.45) is 0. The zero-order chi connectivity index (χ0) is 47.0. The van der Waals surface area contributed by atoms with Crippen LogP contribution in [0.2, 0.25) is 5.02 Å². The van der Waals surface area contributed by atoms with Crippen molar-refractivity contribution in [3.63, 3.8) is 0 Å². The van der Waals surface area contributed by atoms with Crippen LogP contribution in [0.5, 0.6) is 0 Å². The molecule has 0 saturated heterocycles. The molecule has 0 aliphatic carbocycles. The third-order valence-electron chi connectivity index (χ3n) is 13.5. The molecular weight excluding hydrogens is 820 g/mol. The lowest BCUT2D eigenvalue weighted by Crippen LogP contribution is -2.20. The molecule has 0 aliphatic heterocycles. The highest BCUT2D eigenvalue weighted by Crippen LogP contribution is 2.51. The number of rotatable bonds is 11. The molecule has 0 spiro atoms. The van der Waals surface area contributed by atoms with Gasteiger partial charge in [-0.1, -0.05) is 214 Å². The molecule has 0 amide bonds. The van der Waals surface area contributed by atoms with E-state index in [1.807, 2.05) is 0 Å². The van der Waals surface area contributed by atoms with Crippen molar-refractivity contribution < 1.29 is 0 Å². The summed E-state index contributed by atoms with van der Waals surface area (Å²) in [5.74, 6) is 0. The quantitative estimate of drug-likeness (QED) is 0.128. The predicted octanol–water partition coefficient (Wildman–Crippen LogP) is 18.5. The van der Waals surface area contributed by atoms with Crippen LogP contribution < -0.4 is 9.80 Å². The van der Waals surface area contributed by atoms with Gasteiger partial charge in [-0.05, 0) is 123 Å². The maximum absolute atomic E-state index is 8.06. The normalized spacial score (nSPS) is 12.2. The van der Waals surface area contributed by atoms with Crippen LogP contribution >= 0.6 is 11.6 Å². The van der Waals surface area contributed by atoms with Gasteiger partial charge in [0.05, 0.1) is 22.1 Å². The molecule has 0 aromatic heterocycles. The Balaban J connectivity index is 1.38. The molecule has 0 N–H and O–H groups in total. The summed E-state index contributed by atoms with van der Waals surface area (Å²) in [5, 5.41) is 0.654. The first-order valence-electron chi connectivity index (χ1n) is 23.4. The van der Waals surface area contributed by atoms with Gasteiger partial charge in [0.25, 0.3) is 0 Å². The molecule has 8 aromatic carbocycles.